The lowest BCUT2D eigenvalue weighted by atomic mass is 10.1. The molecule has 1 atom stereocenters. The van der Waals surface area contributed by atoms with Crippen LogP contribution in [0.3, 0.4) is 0 Å². The number of nitro benzene ring substituents is 1. The lowest BCUT2D eigenvalue weighted by Gasteiger charge is -2.14. The molecule has 2 rings (SSSR count). The second kappa shape index (κ2) is 8.16. The third-order valence-electron chi connectivity index (χ3n) is 3.48. The maximum absolute atomic E-state index is 12.2. The van der Waals surface area contributed by atoms with Gasteiger partial charge < -0.3 is 10.1 Å². The Morgan fingerprint density at radius 2 is 1.88 bits per heavy atom. The van der Waals surface area contributed by atoms with Gasteiger partial charge in [0.15, 0.2) is 6.10 Å². The van der Waals surface area contributed by atoms with E-state index < -0.39 is 22.9 Å². The van der Waals surface area contributed by atoms with Crippen LogP contribution in [0.25, 0.3) is 0 Å². The fourth-order valence-corrected chi connectivity index (χ4v) is 2.50. The third kappa shape index (κ3) is 4.71. The molecule has 136 valence electrons. The number of hydrogen-bond acceptors (Lipinski definition) is 5. The maximum Gasteiger partial charge on any atom is 0.339 e. The van der Waals surface area contributed by atoms with Gasteiger partial charge in [0.1, 0.15) is 0 Å². The highest BCUT2D eigenvalue weighted by Crippen LogP contribution is 2.25. The van der Waals surface area contributed by atoms with Gasteiger partial charge in [-0.2, -0.15) is 0 Å². The average Bonchev–Trinajstić information content (AvgIpc) is 2.57. The van der Waals surface area contributed by atoms with E-state index in [0.29, 0.717) is 16.3 Å². The number of nitrogens with zero attached hydrogens (tertiary/aromatic N) is 1. The van der Waals surface area contributed by atoms with Gasteiger partial charge in [-0.3, -0.25) is 14.9 Å². The van der Waals surface area contributed by atoms with Gasteiger partial charge >= 0.3 is 5.97 Å². The first-order chi connectivity index (χ1) is 12.2. The highest BCUT2D eigenvalue weighted by molar-refractivity contribution is 6.36. The molecule has 2 aromatic rings. The quantitative estimate of drug-likeness (QED) is 0.458. The molecule has 26 heavy (non-hydrogen) atoms. The van der Waals surface area contributed by atoms with Crippen LogP contribution in [0.15, 0.2) is 36.4 Å². The third-order valence-corrected chi connectivity index (χ3v) is 4.03. The Labute approximate surface area is 159 Å². The van der Waals surface area contributed by atoms with Gasteiger partial charge in [0.05, 0.1) is 21.2 Å². The molecule has 0 aliphatic heterocycles. The summed E-state index contributed by atoms with van der Waals surface area (Å²) in [4.78, 5) is 34.7. The zero-order valence-corrected chi connectivity index (χ0v) is 15.3. The molecule has 0 spiro atoms. The van der Waals surface area contributed by atoms with Crippen molar-refractivity contribution < 1.29 is 19.2 Å². The Morgan fingerprint density at radius 1 is 1.19 bits per heavy atom. The van der Waals surface area contributed by atoms with Gasteiger partial charge in [0.2, 0.25) is 0 Å². The Kier molecular flexibility index (Phi) is 6.18. The van der Waals surface area contributed by atoms with Crippen molar-refractivity contribution in [1.82, 2.24) is 0 Å². The molecule has 2 aromatic carbocycles. The number of carbonyl (C=O) groups is 2. The summed E-state index contributed by atoms with van der Waals surface area (Å²) in [6, 6.07) is 8.46. The first-order valence-corrected chi connectivity index (χ1v) is 8.16. The van der Waals surface area contributed by atoms with Crippen LogP contribution >= 0.6 is 23.2 Å². The van der Waals surface area contributed by atoms with Crippen molar-refractivity contribution in [3.05, 3.63) is 67.7 Å². The molecule has 1 N–H and O–H groups in total. The summed E-state index contributed by atoms with van der Waals surface area (Å²) in [5, 5.41) is 14.1. The van der Waals surface area contributed by atoms with Crippen molar-refractivity contribution >= 4 is 46.5 Å². The van der Waals surface area contributed by atoms with Crippen LogP contribution in [-0.4, -0.2) is 22.9 Å². The summed E-state index contributed by atoms with van der Waals surface area (Å²) in [6.07, 6.45) is -1.14. The molecule has 0 unspecified atom stereocenters. The Hall–Kier alpha value is -2.64. The molecule has 7 nitrogen and oxygen atoms in total. The number of carbonyl (C=O) groups excluding carboxylic acids is 2. The summed E-state index contributed by atoms with van der Waals surface area (Å²) < 4.78 is 5.07. The lowest BCUT2D eigenvalue weighted by molar-refractivity contribution is -0.385. The van der Waals surface area contributed by atoms with Crippen molar-refractivity contribution in [2.45, 2.75) is 20.0 Å². The predicted molar refractivity (Wildman–Crippen MR) is 97.8 cm³/mol. The van der Waals surface area contributed by atoms with E-state index >= 15 is 0 Å². The largest absolute Gasteiger partial charge is 0.449 e. The van der Waals surface area contributed by atoms with E-state index in [1.165, 1.54) is 31.2 Å². The van der Waals surface area contributed by atoms with Crippen molar-refractivity contribution in [1.29, 1.82) is 0 Å². The molecule has 9 heteroatoms. The molecular weight excluding hydrogens is 383 g/mol. The summed E-state index contributed by atoms with van der Waals surface area (Å²) in [6.45, 7) is 2.93. The number of anilines is 1. The molecule has 0 aromatic heterocycles. The molecule has 0 fully saturated rings. The average molecular weight is 397 g/mol. The highest BCUT2D eigenvalue weighted by Gasteiger charge is 2.22. The maximum atomic E-state index is 12.2. The van der Waals surface area contributed by atoms with Crippen molar-refractivity contribution in [3.8, 4) is 0 Å². The van der Waals surface area contributed by atoms with Crippen LogP contribution in [0.1, 0.15) is 22.8 Å². The molecule has 0 saturated heterocycles. The molecule has 0 aliphatic rings. The van der Waals surface area contributed by atoms with Crippen molar-refractivity contribution in [3.63, 3.8) is 0 Å². The van der Waals surface area contributed by atoms with E-state index in [4.69, 9.17) is 27.9 Å². The Morgan fingerprint density at radius 3 is 2.50 bits per heavy atom. The predicted octanol–water partition coefficient (Wildman–Crippen LogP) is 4.39. The van der Waals surface area contributed by atoms with Gasteiger partial charge in [-0.1, -0.05) is 29.3 Å². The minimum absolute atomic E-state index is 0.0218. The normalized spacial score (nSPS) is 11.5. The number of nitro groups is 1. The molecule has 0 radical (unpaired) electrons. The van der Waals surface area contributed by atoms with Gasteiger partial charge in [0, 0.05) is 16.7 Å². The molecular formula is C17H14Cl2N2O5. The summed E-state index contributed by atoms with van der Waals surface area (Å²) in [5.74, 6) is -1.46. The zero-order valence-electron chi connectivity index (χ0n) is 13.8. The second-order valence-corrected chi connectivity index (χ2v) is 6.26. The number of aryl methyl sites for hydroxylation is 1. The van der Waals surface area contributed by atoms with Crippen LogP contribution in [0.5, 0.6) is 0 Å². The van der Waals surface area contributed by atoms with Crippen LogP contribution in [0, 0.1) is 17.0 Å². The number of ether oxygens (including phenoxy) is 1. The summed E-state index contributed by atoms with van der Waals surface area (Å²) in [7, 11) is 0. The fraction of sp³-hybridized carbons (Fsp3) is 0.176. The lowest BCUT2D eigenvalue weighted by Crippen LogP contribution is -2.30. The van der Waals surface area contributed by atoms with Gasteiger partial charge in [-0.15, -0.1) is 0 Å². The molecule has 1 amide bonds. The number of hydrogen-bond donors (Lipinski definition) is 1. The van der Waals surface area contributed by atoms with Gasteiger partial charge in [-0.25, -0.2) is 4.79 Å². The fourth-order valence-electron chi connectivity index (χ4n) is 2.04. The number of rotatable bonds is 5. The number of halogens is 2. The van der Waals surface area contributed by atoms with E-state index in [1.807, 2.05) is 0 Å². The first kappa shape index (κ1) is 19.7. The molecule has 0 aliphatic carbocycles. The topological polar surface area (TPSA) is 98.5 Å². The minimum Gasteiger partial charge on any atom is -0.449 e. The smallest absolute Gasteiger partial charge is 0.339 e. The molecule has 0 heterocycles. The van der Waals surface area contributed by atoms with Crippen LogP contribution in [0.2, 0.25) is 10.0 Å². The SMILES string of the molecule is Cc1ccc(C(=O)O[C@@H](C)C(=O)Nc2ccc(Cl)cc2Cl)cc1[N+](=O)[O-]. The highest BCUT2D eigenvalue weighted by atomic mass is 35.5. The van der Waals surface area contributed by atoms with Gasteiger partial charge in [-0.05, 0) is 38.1 Å². The van der Waals surface area contributed by atoms with E-state index in [0.717, 1.165) is 6.07 Å². The summed E-state index contributed by atoms with van der Waals surface area (Å²) >= 11 is 11.8. The monoisotopic (exact) mass is 396 g/mol. The van der Waals surface area contributed by atoms with E-state index in [-0.39, 0.29) is 16.3 Å². The molecule has 0 bridgehead atoms. The number of nitrogens with one attached hydrogen (secondary N) is 1. The second-order valence-electron chi connectivity index (χ2n) is 5.42. The van der Waals surface area contributed by atoms with E-state index in [9.17, 15) is 19.7 Å². The van der Waals surface area contributed by atoms with Gasteiger partial charge in [0.25, 0.3) is 11.6 Å². The zero-order chi connectivity index (χ0) is 19.4. The number of benzene rings is 2. The minimum atomic E-state index is -1.14. The van der Waals surface area contributed by atoms with E-state index in [2.05, 4.69) is 5.32 Å². The van der Waals surface area contributed by atoms with Crippen LogP contribution in [-0.2, 0) is 9.53 Å². The number of amides is 1. The van der Waals surface area contributed by atoms with Crippen LogP contribution in [0.4, 0.5) is 11.4 Å². The van der Waals surface area contributed by atoms with Crippen molar-refractivity contribution in [2.24, 2.45) is 0 Å². The Balaban J connectivity index is 2.07. The first-order valence-electron chi connectivity index (χ1n) is 7.41. The summed E-state index contributed by atoms with van der Waals surface area (Å²) in [5.41, 5.74) is 0.501. The standard InChI is InChI=1S/C17H14Cl2N2O5/c1-9-3-4-11(7-15(9)21(24)25)17(23)26-10(2)16(22)20-14-6-5-12(18)8-13(14)19/h3-8,10H,1-2H3,(H,20,22)/t10-/m0/s1. The Bertz CT molecular complexity index is 885. The number of esters is 1. The van der Waals surface area contributed by atoms with Crippen molar-refractivity contribution in [2.75, 3.05) is 5.32 Å². The molecule has 0 saturated carbocycles. The van der Waals surface area contributed by atoms with E-state index in [1.54, 1.807) is 13.0 Å². The van der Waals surface area contributed by atoms with Crippen LogP contribution < -0.4 is 5.32 Å².